The number of rotatable bonds is 4. The minimum Gasteiger partial charge on any atom is -0.379 e. The van der Waals surface area contributed by atoms with Gasteiger partial charge in [0, 0.05) is 32.6 Å². The number of likely N-dealkylation sites (tertiary alicyclic amines) is 1. The zero-order valence-electron chi connectivity index (χ0n) is 10.6. The molecule has 0 unspecified atom stereocenters. The molecule has 2 fully saturated rings. The van der Waals surface area contributed by atoms with Gasteiger partial charge in [0.2, 0.25) is 0 Å². The largest absolute Gasteiger partial charge is 0.379 e. The standard InChI is InChI=1S/C13H23N3O/c14-4-1-13-2-5-15(6-3-13)7-8-16-9-11-17-12-10-16/h13H,1-3,5-12H2. The second-order valence-corrected chi connectivity index (χ2v) is 5.10. The van der Waals surface area contributed by atoms with Gasteiger partial charge in [-0.2, -0.15) is 5.26 Å². The first-order valence-electron chi connectivity index (χ1n) is 6.78. The van der Waals surface area contributed by atoms with Crippen molar-refractivity contribution in [2.24, 2.45) is 5.92 Å². The second-order valence-electron chi connectivity index (χ2n) is 5.10. The zero-order valence-corrected chi connectivity index (χ0v) is 10.6. The Morgan fingerprint density at radius 3 is 2.18 bits per heavy atom. The van der Waals surface area contributed by atoms with Crippen LogP contribution in [0.5, 0.6) is 0 Å². The molecule has 0 atom stereocenters. The fourth-order valence-electron chi connectivity index (χ4n) is 2.65. The molecule has 2 aliphatic rings. The van der Waals surface area contributed by atoms with Crippen molar-refractivity contribution < 1.29 is 4.74 Å². The van der Waals surface area contributed by atoms with E-state index in [1.165, 1.54) is 39.0 Å². The SMILES string of the molecule is N#CCC1CCN(CCN2CCOCC2)CC1. The topological polar surface area (TPSA) is 39.5 Å². The lowest BCUT2D eigenvalue weighted by Crippen LogP contribution is -2.43. The summed E-state index contributed by atoms with van der Waals surface area (Å²) in [5.74, 6) is 0.652. The Kier molecular flexibility index (Phi) is 5.24. The van der Waals surface area contributed by atoms with E-state index in [4.69, 9.17) is 10.00 Å². The maximum atomic E-state index is 8.68. The molecule has 2 saturated heterocycles. The molecule has 0 bridgehead atoms. The third kappa shape index (κ3) is 4.27. The highest BCUT2D eigenvalue weighted by molar-refractivity contribution is 4.81. The molecule has 0 aromatic carbocycles. The van der Waals surface area contributed by atoms with Gasteiger partial charge in [0.05, 0.1) is 19.3 Å². The van der Waals surface area contributed by atoms with E-state index >= 15 is 0 Å². The Balaban J connectivity index is 1.59. The number of nitriles is 1. The van der Waals surface area contributed by atoms with Gasteiger partial charge in [-0.1, -0.05) is 0 Å². The van der Waals surface area contributed by atoms with E-state index in [0.717, 1.165) is 32.7 Å². The number of piperidine rings is 1. The smallest absolute Gasteiger partial charge is 0.0624 e. The molecule has 0 aliphatic carbocycles. The normalized spacial score (nSPS) is 24.6. The first kappa shape index (κ1) is 12.8. The van der Waals surface area contributed by atoms with E-state index in [0.29, 0.717) is 5.92 Å². The van der Waals surface area contributed by atoms with Gasteiger partial charge in [-0.05, 0) is 31.8 Å². The Bertz CT molecular complexity index is 250. The van der Waals surface area contributed by atoms with Crippen LogP contribution in [0.25, 0.3) is 0 Å². The van der Waals surface area contributed by atoms with Crippen molar-refractivity contribution in [1.29, 1.82) is 5.26 Å². The van der Waals surface area contributed by atoms with Crippen molar-refractivity contribution in [3.8, 4) is 6.07 Å². The molecule has 2 heterocycles. The van der Waals surface area contributed by atoms with Crippen LogP contribution in [-0.2, 0) is 4.74 Å². The lowest BCUT2D eigenvalue weighted by molar-refractivity contribution is 0.0315. The molecule has 2 rings (SSSR count). The summed E-state index contributed by atoms with van der Waals surface area (Å²) in [7, 11) is 0. The molecule has 96 valence electrons. The first-order chi connectivity index (χ1) is 8.38. The van der Waals surface area contributed by atoms with Crippen LogP contribution in [0.3, 0.4) is 0 Å². The predicted molar refractivity (Wildman–Crippen MR) is 66.7 cm³/mol. The highest BCUT2D eigenvalue weighted by Gasteiger charge is 2.19. The molecule has 4 heteroatoms. The van der Waals surface area contributed by atoms with Crippen LogP contribution in [0.2, 0.25) is 0 Å². The van der Waals surface area contributed by atoms with Gasteiger partial charge < -0.3 is 9.64 Å². The van der Waals surface area contributed by atoms with E-state index in [-0.39, 0.29) is 0 Å². The molecule has 0 aromatic heterocycles. The number of hydrogen-bond acceptors (Lipinski definition) is 4. The van der Waals surface area contributed by atoms with Crippen LogP contribution in [-0.4, -0.2) is 62.3 Å². The lowest BCUT2D eigenvalue weighted by atomic mass is 9.94. The van der Waals surface area contributed by atoms with Gasteiger partial charge in [0.15, 0.2) is 0 Å². The Morgan fingerprint density at radius 2 is 1.59 bits per heavy atom. The summed E-state index contributed by atoms with van der Waals surface area (Å²) in [6.45, 7) is 8.67. The van der Waals surface area contributed by atoms with Gasteiger partial charge >= 0.3 is 0 Å². The summed E-state index contributed by atoms with van der Waals surface area (Å²) in [6, 6.07) is 2.30. The van der Waals surface area contributed by atoms with Gasteiger partial charge in [-0.25, -0.2) is 0 Å². The maximum Gasteiger partial charge on any atom is 0.0624 e. The summed E-state index contributed by atoms with van der Waals surface area (Å²) in [4.78, 5) is 5.04. The van der Waals surface area contributed by atoms with Crippen LogP contribution < -0.4 is 0 Å². The van der Waals surface area contributed by atoms with Gasteiger partial charge in [-0.3, -0.25) is 4.90 Å². The fraction of sp³-hybridized carbons (Fsp3) is 0.923. The quantitative estimate of drug-likeness (QED) is 0.729. The Hall–Kier alpha value is -0.630. The minimum absolute atomic E-state index is 0.652. The highest BCUT2D eigenvalue weighted by atomic mass is 16.5. The van der Waals surface area contributed by atoms with Crippen molar-refractivity contribution >= 4 is 0 Å². The molecule has 0 amide bonds. The van der Waals surface area contributed by atoms with E-state index in [1.807, 2.05) is 0 Å². The number of nitrogens with zero attached hydrogens (tertiary/aromatic N) is 3. The molecule has 4 nitrogen and oxygen atoms in total. The molecule has 0 saturated carbocycles. The molecular weight excluding hydrogens is 214 g/mol. The summed E-state index contributed by atoms with van der Waals surface area (Å²) >= 11 is 0. The van der Waals surface area contributed by atoms with Crippen LogP contribution >= 0.6 is 0 Å². The Labute approximate surface area is 104 Å². The van der Waals surface area contributed by atoms with E-state index in [1.54, 1.807) is 0 Å². The maximum absolute atomic E-state index is 8.68. The third-order valence-corrected chi connectivity index (χ3v) is 3.92. The summed E-state index contributed by atoms with van der Waals surface area (Å²) in [6.07, 6.45) is 3.16. The summed E-state index contributed by atoms with van der Waals surface area (Å²) in [5.41, 5.74) is 0. The number of hydrogen-bond donors (Lipinski definition) is 0. The van der Waals surface area contributed by atoms with Crippen molar-refractivity contribution in [1.82, 2.24) is 9.80 Å². The van der Waals surface area contributed by atoms with E-state index in [2.05, 4.69) is 15.9 Å². The lowest BCUT2D eigenvalue weighted by Gasteiger charge is -2.33. The molecule has 0 aromatic rings. The summed E-state index contributed by atoms with van der Waals surface area (Å²) < 4.78 is 5.35. The second kappa shape index (κ2) is 6.95. The fourth-order valence-corrected chi connectivity index (χ4v) is 2.65. The molecule has 0 N–H and O–H groups in total. The first-order valence-corrected chi connectivity index (χ1v) is 6.78. The highest BCUT2D eigenvalue weighted by Crippen LogP contribution is 2.19. The Morgan fingerprint density at radius 1 is 1.00 bits per heavy atom. The molecular formula is C13H23N3O. The van der Waals surface area contributed by atoms with Crippen molar-refractivity contribution in [3.05, 3.63) is 0 Å². The minimum atomic E-state index is 0.652. The van der Waals surface area contributed by atoms with E-state index in [9.17, 15) is 0 Å². The molecule has 2 aliphatic heterocycles. The average molecular weight is 237 g/mol. The third-order valence-electron chi connectivity index (χ3n) is 3.92. The van der Waals surface area contributed by atoms with E-state index < -0.39 is 0 Å². The van der Waals surface area contributed by atoms with Gasteiger partial charge in [0.1, 0.15) is 0 Å². The van der Waals surface area contributed by atoms with Crippen molar-refractivity contribution in [2.75, 3.05) is 52.5 Å². The predicted octanol–water partition coefficient (Wildman–Crippen LogP) is 0.944. The average Bonchev–Trinajstić information content (AvgIpc) is 2.40. The zero-order chi connectivity index (χ0) is 11.9. The number of morpholine rings is 1. The monoisotopic (exact) mass is 237 g/mol. The van der Waals surface area contributed by atoms with Gasteiger partial charge in [0.25, 0.3) is 0 Å². The van der Waals surface area contributed by atoms with Gasteiger partial charge in [-0.15, -0.1) is 0 Å². The van der Waals surface area contributed by atoms with Crippen molar-refractivity contribution in [3.63, 3.8) is 0 Å². The summed E-state index contributed by atoms with van der Waals surface area (Å²) in [5, 5.41) is 8.68. The molecule has 0 spiro atoms. The van der Waals surface area contributed by atoms with Crippen LogP contribution in [0, 0.1) is 17.2 Å². The van der Waals surface area contributed by atoms with Crippen LogP contribution in [0.1, 0.15) is 19.3 Å². The van der Waals surface area contributed by atoms with Crippen LogP contribution in [0.4, 0.5) is 0 Å². The van der Waals surface area contributed by atoms with Crippen molar-refractivity contribution in [2.45, 2.75) is 19.3 Å². The molecule has 0 radical (unpaired) electrons. The molecule has 17 heavy (non-hydrogen) atoms. The van der Waals surface area contributed by atoms with Crippen LogP contribution in [0.15, 0.2) is 0 Å². The number of ether oxygens (including phenoxy) is 1.